The molecular weight excluding hydrogens is 458 g/mol. The van der Waals surface area contributed by atoms with Gasteiger partial charge in [-0.1, -0.05) is 78.6 Å². The molecule has 0 aromatic heterocycles. The van der Waals surface area contributed by atoms with Crippen LogP contribution in [0.25, 0.3) is 10.4 Å². The lowest BCUT2D eigenvalue weighted by molar-refractivity contribution is -0.173. The molecule has 2 aromatic carbocycles. The van der Waals surface area contributed by atoms with Gasteiger partial charge >= 0.3 is 5.97 Å². The van der Waals surface area contributed by atoms with E-state index in [1.807, 2.05) is 60.7 Å². The van der Waals surface area contributed by atoms with E-state index < -0.39 is 42.2 Å². The number of hydrogen-bond donors (Lipinski definition) is 1. The van der Waals surface area contributed by atoms with E-state index in [4.69, 9.17) is 19.7 Å². The van der Waals surface area contributed by atoms with Gasteiger partial charge in [0.1, 0.15) is 24.4 Å². The van der Waals surface area contributed by atoms with Gasteiger partial charge in [-0.25, -0.2) is 0 Å². The maximum Gasteiger partial charge on any atom is 0.315 e. The molecule has 2 aromatic rings. The summed E-state index contributed by atoms with van der Waals surface area (Å²) in [6.45, 7) is 3.58. The summed E-state index contributed by atoms with van der Waals surface area (Å²) in [5, 5.41) is 15.0. The van der Waals surface area contributed by atoms with E-state index >= 15 is 0 Å². The van der Waals surface area contributed by atoms with Gasteiger partial charge in [0.2, 0.25) is 0 Å². The Morgan fingerprint density at radius 2 is 1.58 bits per heavy atom. The fourth-order valence-electron chi connectivity index (χ4n) is 5.33. The molecule has 0 unspecified atom stereocenters. The van der Waals surface area contributed by atoms with Crippen molar-refractivity contribution in [2.45, 2.75) is 88.6 Å². The monoisotopic (exact) mass is 493 g/mol. The smallest absolute Gasteiger partial charge is 0.315 e. The molecule has 2 fully saturated rings. The van der Waals surface area contributed by atoms with E-state index in [0.29, 0.717) is 12.8 Å². The standard InChI is InChI=1S/C28H35N3O5/c1-28(2)35-25(22(32)17-19-11-5-3-6-12-19)26(36-28)23(18-20-13-7-4-8-14-20)34-27(33)24(30-31-29)21-15-9-10-16-21/h3-8,11-14,21-26,32H,9-10,15-18H2,1-2H3/t22-,23-,24-,25+,26+/m0/s1. The van der Waals surface area contributed by atoms with Crippen molar-refractivity contribution in [2.75, 3.05) is 0 Å². The Morgan fingerprint density at radius 3 is 2.17 bits per heavy atom. The lowest BCUT2D eigenvalue weighted by atomic mass is 9.94. The first-order chi connectivity index (χ1) is 17.4. The van der Waals surface area contributed by atoms with Gasteiger partial charge in [0.05, 0.1) is 6.10 Å². The predicted molar refractivity (Wildman–Crippen MR) is 135 cm³/mol. The van der Waals surface area contributed by atoms with Crippen molar-refractivity contribution in [3.8, 4) is 0 Å². The summed E-state index contributed by atoms with van der Waals surface area (Å²) in [6.07, 6.45) is 1.37. The Hall–Kier alpha value is -2.90. The van der Waals surface area contributed by atoms with Crippen LogP contribution in [-0.4, -0.2) is 47.3 Å². The molecule has 5 atom stereocenters. The normalized spacial score (nSPS) is 24.0. The van der Waals surface area contributed by atoms with Crippen LogP contribution in [0.3, 0.4) is 0 Å². The van der Waals surface area contributed by atoms with Gasteiger partial charge in [-0.05, 0) is 49.3 Å². The summed E-state index contributed by atoms with van der Waals surface area (Å²) >= 11 is 0. The highest BCUT2D eigenvalue weighted by Gasteiger charge is 2.50. The van der Waals surface area contributed by atoms with Crippen molar-refractivity contribution >= 4 is 5.97 Å². The largest absolute Gasteiger partial charge is 0.459 e. The summed E-state index contributed by atoms with van der Waals surface area (Å²) in [5.41, 5.74) is 11.1. The molecule has 192 valence electrons. The van der Waals surface area contributed by atoms with Gasteiger partial charge in [0, 0.05) is 17.8 Å². The summed E-state index contributed by atoms with van der Waals surface area (Å²) in [6, 6.07) is 18.5. The molecule has 0 spiro atoms. The van der Waals surface area contributed by atoms with Gasteiger partial charge in [0.25, 0.3) is 0 Å². The van der Waals surface area contributed by atoms with Crippen molar-refractivity contribution in [1.29, 1.82) is 0 Å². The highest BCUT2D eigenvalue weighted by atomic mass is 16.8. The zero-order chi connectivity index (χ0) is 25.5. The van der Waals surface area contributed by atoms with Crippen LogP contribution in [0.5, 0.6) is 0 Å². The molecule has 36 heavy (non-hydrogen) atoms. The lowest BCUT2D eigenvalue weighted by Gasteiger charge is -2.30. The zero-order valence-corrected chi connectivity index (χ0v) is 20.9. The quantitative estimate of drug-likeness (QED) is 0.213. The third-order valence-electron chi connectivity index (χ3n) is 7.01. The third-order valence-corrected chi connectivity index (χ3v) is 7.01. The minimum atomic E-state index is -0.968. The van der Waals surface area contributed by atoms with E-state index in [9.17, 15) is 9.90 Å². The molecule has 4 rings (SSSR count). The average molecular weight is 494 g/mol. The van der Waals surface area contributed by atoms with E-state index in [0.717, 1.165) is 36.8 Å². The van der Waals surface area contributed by atoms with Crippen molar-refractivity contribution in [3.05, 3.63) is 82.2 Å². The third kappa shape index (κ3) is 6.65. The lowest BCUT2D eigenvalue weighted by Crippen LogP contribution is -2.47. The van der Waals surface area contributed by atoms with Crippen LogP contribution in [-0.2, 0) is 31.8 Å². The van der Waals surface area contributed by atoms with Crippen LogP contribution in [0.4, 0.5) is 0 Å². The highest BCUT2D eigenvalue weighted by molar-refractivity contribution is 5.76. The van der Waals surface area contributed by atoms with Gasteiger partial charge in [-0.2, -0.15) is 0 Å². The van der Waals surface area contributed by atoms with Crippen molar-refractivity contribution in [2.24, 2.45) is 11.0 Å². The van der Waals surface area contributed by atoms with E-state index in [-0.39, 0.29) is 5.92 Å². The summed E-state index contributed by atoms with van der Waals surface area (Å²) in [7, 11) is 0. The first-order valence-corrected chi connectivity index (χ1v) is 12.7. The van der Waals surface area contributed by atoms with Crippen LogP contribution >= 0.6 is 0 Å². The SMILES string of the molecule is CC1(C)O[C@H]([C@H](Cc2ccccc2)OC(=O)[C@@H](N=[N+]=[N-])C2CCCC2)[C@@H]([C@@H](O)Cc2ccccc2)O1. The van der Waals surface area contributed by atoms with Crippen molar-refractivity contribution < 1.29 is 24.1 Å². The van der Waals surface area contributed by atoms with Gasteiger partial charge in [0.15, 0.2) is 5.79 Å². The number of carbonyl (C=O) groups excluding carboxylic acids is 1. The first kappa shape index (κ1) is 26.2. The molecular formula is C28H35N3O5. The Balaban J connectivity index is 1.59. The molecule has 1 heterocycles. The molecule has 1 aliphatic heterocycles. The maximum atomic E-state index is 13.4. The number of hydrogen-bond acceptors (Lipinski definition) is 6. The number of carbonyl (C=O) groups is 1. The number of azide groups is 1. The fourth-order valence-corrected chi connectivity index (χ4v) is 5.33. The van der Waals surface area contributed by atoms with Crippen LogP contribution < -0.4 is 0 Å². The fraction of sp³-hybridized carbons (Fsp3) is 0.536. The number of aliphatic hydroxyl groups is 1. The maximum absolute atomic E-state index is 13.4. The summed E-state index contributed by atoms with van der Waals surface area (Å²) < 4.78 is 18.5. The highest BCUT2D eigenvalue weighted by Crippen LogP contribution is 2.36. The second-order valence-corrected chi connectivity index (χ2v) is 10.2. The van der Waals surface area contributed by atoms with Crippen molar-refractivity contribution in [1.82, 2.24) is 0 Å². The van der Waals surface area contributed by atoms with Crippen LogP contribution in [0, 0.1) is 5.92 Å². The summed E-state index contributed by atoms with van der Waals surface area (Å²) in [4.78, 5) is 16.3. The minimum Gasteiger partial charge on any atom is -0.459 e. The van der Waals surface area contributed by atoms with Gasteiger partial charge in [-0.15, -0.1) is 0 Å². The van der Waals surface area contributed by atoms with Crippen LogP contribution in [0.2, 0.25) is 0 Å². The number of aliphatic hydroxyl groups excluding tert-OH is 1. The van der Waals surface area contributed by atoms with Crippen molar-refractivity contribution in [3.63, 3.8) is 0 Å². The van der Waals surface area contributed by atoms with Gasteiger partial charge < -0.3 is 19.3 Å². The summed E-state index contributed by atoms with van der Waals surface area (Å²) in [5.74, 6) is -1.54. The number of esters is 1. The molecule has 1 saturated carbocycles. The Bertz CT molecular complexity index is 1040. The second kappa shape index (κ2) is 11.9. The molecule has 2 aliphatic rings. The predicted octanol–water partition coefficient (Wildman–Crippen LogP) is 5.13. The second-order valence-electron chi connectivity index (χ2n) is 10.2. The Morgan fingerprint density at radius 1 is 1.03 bits per heavy atom. The molecule has 1 aliphatic carbocycles. The molecule has 1 saturated heterocycles. The van der Waals surface area contributed by atoms with Crippen LogP contribution in [0.15, 0.2) is 65.8 Å². The van der Waals surface area contributed by atoms with E-state index in [1.54, 1.807) is 13.8 Å². The number of rotatable bonds is 10. The van der Waals surface area contributed by atoms with Crippen LogP contribution in [0.1, 0.15) is 50.7 Å². The number of benzene rings is 2. The zero-order valence-electron chi connectivity index (χ0n) is 20.9. The average Bonchev–Trinajstić information content (AvgIpc) is 3.51. The number of nitrogens with zero attached hydrogens (tertiary/aromatic N) is 3. The molecule has 0 radical (unpaired) electrons. The topological polar surface area (TPSA) is 114 Å². The molecule has 8 heteroatoms. The van der Waals surface area contributed by atoms with E-state index in [1.165, 1.54) is 0 Å². The molecule has 8 nitrogen and oxygen atoms in total. The Labute approximate surface area is 212 Å². The Kier molecular flexibility index (Phi) is 8.64. The van der Waals surface area contributed by atoms with E-state index in [2.05, 4.69) is 10.0 Å². The molecule has 0 amide bonds. The minimum absolute atomic E-state index is 0.0255. The first-order valence-electron chi connectivity index (χ1n) is 12.7. The molecule has 0 bridgehead atoms. The van der Waals surface area contributed by atoms with Gasteiger partial charge in [-0.3, -0.25) is 4.79 Å². The number of ether oxygens (including phenoxy) is 3. The molecule has 1 N–H and O–H groups in total.